The number of aromatic nitrogens is 1. The zero-order valence-corrected chi connectivity index (χ0v) is 14.5. The summed E-state index contributed by atoms with van der Waals surface area (Å²) in [6, 6.07) is 10.8. The molecule has 1 aliphatic rings. The lowest BCUT2D eigenvalue weighted by molar-refractivity contribution is -0.121. The zero-order chi connectivity index (χ0) is 18.4. The Morgan fingerprint density at radius 2 is 2.08 bits per heavy atom. The summed E-state index contributed by atoms with van der Waals surface area (Å²) in [6.45, 7) is 0.290. The maximum absolute atomic E-state index is 12.1. The molecule has 1 aromatic carbocycles. The van der Waals surface area contributed by atoms with E-state index >= 15 is 0 Å². The van der Waals surface area contributed by atoms with E-state index in [0.717, 1.165) is 5.56 Å². The molecule has 2 aromatic rings. The average molecular weight is 355 g/mol. The second-order valence-corrected chi connectivity index (χ2v) is 6.00. The van der Waals surface area contributed by atoms with Crippen LogP contribution in [-0.2, 0) is 16.1 Å². The molecule has 2 N–H and O–H groups in total. The molecule has 0 spiro atoms. The van der Waals surface area contributed by atoms with Crippen molar-refractivity contribution in [1.82, 2.24) is 15.6 Å². The highest BCUT2D eigenvalue weighted by atomic mass is 16.5. The topological polar surface area (TPSA) is 89.6 Å². The lowest BCUT2D eigenvalue weighted by Crippen LogP contribution is -2.33. The van der Waals surface area contributed by atoms with E-state index in [-0.39, 0.29) is 30.8 Å². The highest BCUT2D eigenvalue weighted by Crippen LogP contribution is 2.31. The standard InChI is InChI=1S/C19H21N3O4/c1-25-15-6-2-3-7-16(15)26-19-13(5-4-10-20-19)12-21-18(24)11-14-8-9-17(23)22-14/h2-7,10,14H,8-9,11-12H2,1H3,(H,21,24)(H,22,23)/t14-/m1/s1. The van der Waals surface area contributed by atoms with Crippen LogP contribution in [0.15, 0.2) is 42.6 Å². The number of rotatable bonds is 7. The molecule has 0 radical (unpaired) electrons. The first-order valence-electron chi connectivity index (χ1n) is 8.46. The molecule has 7 heteroatoms. The maximum Gasteiger partial charge on any atom is 0.224 e. The first kappa shape index (κ1) is 17.7. The molecule has 0 aliphatic carbocycles. The molecule has 1 aromatic heterocycles. The first-order chi connectivity index (χ1) is 12.7. The van der Waals surface area contributed by atoms with Crippen LogP contribution in [-0.4, -0.2) is 29.9 Å². The number of methoxy groups -OCH3 is 1. The van der Waals surface area contributed by atoms with Crippen molar-refractivity contribution in [2.45, 2.75) is 31.8 Å². The van der Waals surface area contributed by atoms with Gasteiger partial charge in [0.05, 0.1) is 7.11 Å². The van der Waals surface area contributed by atoms with Gasteiger partial charge in [-0.3, -0.25) is 9.59 Å². The smallest absolute Gasteiger partial charge is 0.224 e. The second kappa shape index (κ2) is 8.33. The minimum Gasteiger partial charge on any atom is -0.493 e. The van der Waals surface area contributed by atoms with Gasteiger partial charge in [-0.15, -0.1) is 0 Å². The van der Waals surface area contributed by atoms with Crippen LogP contribution < -0.4 is 20.1 Å². The van der Waals surface area contributed by atoms with Crippen molar-refractivity contribution in [3.05, 3.63) is 48.2 Å². The van der Waals surface area contributed by atoms with Gasteiger partial charge in [0.15, 0.2) is 11.5 Å². The number of nitrogens with zero attached hydrogens (tertiary/aromatic N) is 1. The van der Waals surface area contributed by atoms with Gasteiger partial charge in [-0.05, 0) is 24.6 Å². The van der Waals surface area contributed by atoms with Crippen molar-refractivity contribution >= 4 is 11.8 Å². The van der Waals surface area contributed by atoms with E-state index in [9.17, 15) is 9.59 Å². The minimum atomic E-state index is -0.121. The molecule has 7 nitrogen and oxygen atoms in total. The number of para-hydroxylation sites is 2. The van der Waals surface area contributed by atoms with Gasteiger partial charge in [-0.25, -0.2) is 4.98 Å². The van der Waals surface area contributed by atoms with Crippen LogP contribution in [0.2, 0.25) is 0 Å². The second-order valence-electron chi connectivity index (χ2n) is 6.00. The summed E-state index contributed by atoms with van der Waals surface area (Å²) in [7, 11) is 1.57. The predicted molar refractivity (Wildman–Crippen MR) is 94.9 cm³/mol. The van der Waals surface area contributed by atoms with Crippen LogP contribution in [0.4, 0.5) is 0 Å². The van der Waals surface area contributed by atoms with Crippen molar-refractivity contribution in [3.8, 4) is 17.4 Å². The third kappa shape index (κ3) is 4.50. The summed E-state index contributed by atoms with van der Waals surface area (Å²) in [6.07, 6.45) is 3.08. The van der Waals surface area contributed by atoms with E-state index in [0.29, 0.717) is 30.2 Å². The third-order valence-electron chi connectivity index (χ3n) is 4.12. The molecule has 0 unspecified atom stereocenters. The fraction of sp³-hybridized carbons (Fsp3) is 0.316. The van der Waals surface area contributed by atoms with Crippen molar-refractivity contribution in [2.75, 3.05) is 7.11 Å². The largest absolute Gasteiger partial charge is 0.493 e. The van der Waals surface area contributed by atoms with E-state index in [4.69, 9.17) is 9.47 Å². The molecular weight excluding hydrogens is 334 g/mol. The Kier molecular flexibility index (Phi) is 5.68. The molecule has 1 atom stereocenters. The summed E-state index contributed by atoms with van der Waals surface area (Å²) in [5.41, 5.74) is 0.752. The summed E-state index contributed by atoms with van der Waals surface area (Å²) in [5.74, 6) is 1.44. The Bertz CT molecular complexity index is 794. The van der Waals surface area contributed by atoms with Gasteiger partial charge in [0.2, 0.25) is 17.7 Å². The fourth-order valence-electron chi connectivity index (χ4n) is 2.78. The predicted octanol–water partition coefficient (Wildman–Crippen LogP) is 2.17. The SMILES string of the molecule is COc1ccccc1Oc1ncccc1CNC(=O)C[C@H]1CCC(=O)N1. The highest BCUT2D eigenvalue weighted by Gasteiger charge is 2.23. The highest BCUT2D eigenvalue weighted by molar-refractivity contribution is 5.81. The number of carbonyl (C=O) groups excluding carboxylic acids is 2. The third-order valence-corrected chi connectivity index (χ3v) is 4.12. The average Bonchev–Trinajstić information content (AvgIpc) is 3.06. The monoisotopic (exact) mass is 355 g/mol. The van der Waals surface area contributed by atoms with Crippen LogP contribution in [0, 0.1) is 0 Å². The molecule has 3 rings (SSSR count). The van der Waals surface area contributed by atoms with Crippen molar-refractivity contribution in [2.24, 2.45) is 0 Å². The number of nitrogens with one attached hydrogen (secondary N) is 2. The van der Waals surface area contributed by atoms with E-state index in [1.165, 1.54) is 0 Å². The van der Waals surface area contributed by atoms with Gasteiger partial charge in [-0.2, -0.15) is 0 Å². The normalized spacial score (nSPS) is 16.0. The van der Waals surface area contributed by atoms with E-state index in [2.05, 4.69) is 15.6 Å². The number of carbonyl (C=O) groups is 2. The summed E-state index contributed by atoms with van der Waals surface area (Å²) >= 11 is 0. The maximum atomic E-state index is 12.1. The lowest BCUT2D eigenvalue weighted by atomic mass is 10.1. The molecule has 26 heavy (non-hydrogen) atoms. The Balaban J connectivity index is 1.62. The van der Waals surface area contributed by atoms with Gasteiger partial charge >= 0.3 is 0 Å². The molecule has 1 fully saturated rings. The van der Waals surface area contributed by atoms with E-state index in [1.54, 1.807) is 31.5 Å². The zero-order valence-electron chi connectivity index (χ0n) is 14.5. The lowest BCUT2D eigenvalue weighted by Gasteiger charge is -2.14. The molecule has 136 valence electrons. The Hall–Kier alpha value is -3.09. The number of pyridine rings is 1. The van der Waals surface area contributed by atoms with E-state index in [1.807, 2.05) is 18.2 Å². The number of hydrogen-bond acceptors (Lipinski definition) is 5. The summed E-state index contributed by atoms with van der Waals surface area (Å²) in [4.78, 5) is 27.6. The number of benzene rings is 1. The van der Waals surface area contributed by atoms with Crippen LogP contribution in [0.1, 0.15) is 24.8 Å². The van der Waals surface area contributed by atoms with Gasteiger partial charge in [0.25, 0.3) is 0 Å². The van der Waals surface area contributed by atoms with Gasteiger partial charge < -0.3 is 20.1 Å². The Labute approximate surface area is 151 Å². The number of ether oxygens (including phenoxy) is 2. The molecule has 0 bridgehead atoms. The quantitative estimate of drug-likeness (QED) is 0.794. The van der Waals surface area contributed by atoms with Gasteiger partial charge in [0, 0.05) is 37.2 Å². The number of amides is 2. The van der Waals surface area contributed by atoms with Crippen LogP contribution in [0.25, 0.3) is 0 Å². The van der Waals surface area contributed by atoms with Crippen LogP contribution >= 0.6 is 0 Å². The summed E-state index contributed by atoms with van der Waals surface area (Å²) in [5, 5.41) is 5.64. The molecule has 2 amide bonds. The Morgan fingerprint density at radius 1 is 1.27 bits per heavy atom. The Morgan fingerprint density at radius 3 is 2.81 bits per heavy atom. The molecule has 1 aliphatic heterocycles. The molecule has 1 saturated heterocycles. The van der Waals surface area contributed by atoms with Gasteiger partial charge in [0.1, 0.15) is 0 Å². The van der Waals surface area contributed by atoms with Crippen LogP contribution in [0.3, 0.4) is 0 Å². The van der Waals surface area contributed by atoms with E-state index < -0.39 is 0 Å². The molecule has 2 heterocycles. The summed E-state index contributed by atoms with van der Waals surface area (Å²) < 4.78 is 11.1. The van der Waals surface area contributed by atoms with Crippen LogP contribution in [0.5, 0.6) is 17.4 Å². The van der Waals surface area contributed by atoms with Crippen molar-refractivity contribution < 1.29 is 19.1 Å². The van der Waals surface area contributed by atoms with Crippen molar-refractivity contribution in [1.29, 1.82) is 0 Å². The van der Waals surface area contributed by atoms with Gasteiger partial charge in [-0.1, -0.05) is 18.2 Å². The number of hydrogen-bond donors (Lipinski definition) is 2. The minimum absolute atomic E-state index is 0.00236. The van der Waals surface area contributed by atoms with Crippen molar-refractivity contribution in [3.63, 3.8) is 0 Å². The first-order valence-corrected chi connectivity index (χ1v) is 8.46. The molecular formula is C19H21N3O4. The fourth-order valence-corrected chi connectivity index (χ4v) is 2.78. The molecule has 0 saturated carbocycles.